The number of rotatable bonds is 8. The Morgan fingerprint density at radius 2 is 1.97 bits per heavy atom. The highest BCUT2D eigenvalue weighted by Gasteiger charge is 2.31. The van der Waals surface area contributed by atoms with Gasteiger partial charge in [-0.2, -0.15) is 4.99 Å². The topological polar surface area (TPSA) is 89.1 Å². The van der Waals surface area contributed by atoms with Crippen LogP contribution in [0, 0.1) is 0 Å². The van der Waals surface area contributed by atoms with E-state index < -0.39 is 12.3 Å². The number of furan rings is 1. The van der Waals surface area contributed by atoms with E-state index in [1.807, 2.05) is 6.92 Å². The van der Waals surface area contributed by atoms with Crippen LogP contribution < -0.4 is 14.9 Å². The largest absolute Gasteiger partial charge is 0.573 e. The second-order valence-corrected chi connectivity index (χ2v) is 7.97. The molecule has 2 heterocycles. The van der Waals surface area contributed by atoms with Gasteiger partial charge in [0.1, 0.15) is 5.75 Å². The van der Waals surface area contributed by atoms with Crippen LogP contribution in [0.2, 0.25) is 0 Å². The Morgan fingerprint density at radius 3 is 2.59 bits per heavy atom. The molecule has 0 spiro atoms. The first kappa shape index (κ1) is 25.1. The number of halogens is 3. The molecule has 0 aliphatic carbocycles. The number of aromatic nitrogens is 1. The number of carbonyl (C=O) groups excluding carboxylic acids is 2. The molecule has 3 aromatic rings. The maximum absolute atomic E-state index is 12.5. The standard InChI is InChI=1S/C22H23F3N4O4S/c1-3-26-20(31)28(2)11-5-12-29-17(15-7-9-16(10-8-15)33-22(23,24)25)14-34-21(29)27-19(30)18-6-4-13-32-18/h4,6-10,13-14H,3,5,11-12H2,1-2H3,(H,26,31). The van der Waals surface area contributed by atoms with E-state index in [1.54, 1.807) is 28.0 Å². The zero-order valence-electron chi connectivity index (χ0n) is 18.5. The van der Waals surface area contributed by atoms with Crippen LogP contribution in [0.15, 0.2) is 57.5 Å². The lowest BCUT2D eigenvalue weighted by Gasteiger charge is -2.18. The van der Waals surface area contributed by atoms with Crippen LogP contribution in [-0.4, -0.2) is 47.9 Å². The second-order valence-electron chi connectivity index (χ2n) is 7.13. The first-order chi connectivity index (χ1) is 16.2. The van der Waals surface area contributed by atoms with Crippen LogP contribution >= 0.6 is 11.3 Å². The third kappa shape index (κ3) is 6.73. The Hall–Kier alpha value is -3.54. The quantitative estimate of drug-likeness (QED) is 0.497. The van der Waals surface area contributed by atoms with Crippen LogP contribution in [0.1, 0.15) is 23.9 Å². The number of urea groups is 1. The Kier molecular flexibility index (Phi) is 8.16. The summed E-state index contributed by atoms with van der Waals surface area (Å²) in [5.74, 6) is -0.800. The number of amides is 3. The molecule has 12 heteroatoms. The number of alkyl halides is 3. The van der Waals surface area contributed by atoms with Gasteiger partial charge in [0.15, 0.2) is 10.6 Å². The van der Waals surface area contributed by atoms with E-state index >= 15 is 0 Å². The van der Waals surface area contributed by atoms with Crippen LogP contribution in [0.25, 0.3) is 11.3 Å². The van der Waals surface area contributed by atoms with Gasteiger partial charge in [0.2, 0.25) is 0 Å². The number of hydrogen-bond acceptors (Lipinski definition) is 5. The molecule has 0 unspecified atom stereocenters. The number of thiazole rings is 1. The van der Waals surface area contributed by atoms with Crippen molar-refractivity contribution in [3.05, 3.63) is 58.6 Å². The molecule has 8 nitrogen and oxygen atoms in total. The minimum absolute atomic E-state index is 0.0890. The fraction of sp³-hybridized carbons (Fsp3) is 0.318. The van der Waals surface area contributed by atoms with E-state index in [0.29, 0.717) is 42.1 Å². The minimum atomic E-state index is -4.78. The predicted molar refractivity (Wildman–Crippen MR) is 119 cm³/mol. The van der Waals surface area contributed by atoms with Gasteiger partial charge in [0, 0.05) is 32.1 Å². The molecule has 0 saturated heterocycles. The van der Waals surface area contributed by atoms with Crippen molar-refractivity contribution in [2.24, 2.45) is 4.99 Å². The van der Waals surface area contributed by atoms with E-state index in [9.17, 15) is 22.8 Å². The Bertz CT molecular complexity index is 1170. The van der Waals surface area contributed by atoms with Crippen LogP contribution in [-0.2, 0) is 6.54 Å². The highest BCUT2D eigenvalue weighted by atomic mass is 32.1. The summed E-state index contributed by atoms with van der Waals surface area (Å²) in [6.07, 6.45) is -2.86. The normalized spacial score (nSPS) is 12.0. The van der Waals surface area contributed by atoms with Gasteiger partial charge in [-0.25, -0.2) is 4.79 Å². The molecule has 0 fully saturated rings. The average Bonchev–Trinajstić information content (AvgIpc) is 3.44. The number of ether oxygens (including phenoxy) is 1. The van der Waals surface area contributed by atoms with Crippen molar-refractivity contribution in [1.82, 2.24) is 14.8 Å². The van der Waals surface area contributed by atoms with E-state index in [-0.39, 0.29) is 17.5 Å². The van der Waals surface area contributed by atoms with Crippen LogP contribution in [0.3, 0.4) is 0 Å². The number of carbonyl (C=O) groups is 2. The Balaban J connectivity index is 1.88. The van der Waals surface area contributed by atoms with Gasteiger partial charge in [-0.3, -0.25) is 4.79 Å². The molecular formula is C22H23F3N4O4S. The maximum Gasteiger partial charge on any atom is 0.573 e. The molecular weight excluding hydrogens is 473 g/mol. The zero-order valence-corrected chi connectivity index (χ0v) is 19.3. The van der Waals surface area contributed by atoms with E-state index in [2.05, 4.69) is 15.0 Å². The van der Waals surface area contributed by atoms with Crippen LogP contribution in [0.5, 0.6) is 5.75 Å². The molecule has 0 radical (unpaired) electrons. The molecule has 0 atom stereocenters. The highest BCUT2D eigenvalue weighted by molar-refractivity contribution is 7.07. The van der Waals surface area contributed by atoms with Gasteiger partial charge < -0.3 is 23.9 Å². The molecule has 0 bridgehead atoms. The Morgan fingerprint density at radius 1 is 1.24 bits per heavy atom. The fourth-order valence-corrected chi connectivity index (χ4v) is 4.02. The summed E-state index contributed by atoms with van der Waals surface area (Å²) in [5.41, 5.74) is 1.28. The van der Waals surface area contributed by atoms with Gasteiger partial charge in [-0.15, -0.1) is 24.5 Å². The summed E-state index contributed by atoms with van der Waals surface area (Å²) in [4.78, 5) is 30.5. The highest BCUT2D eigenvalue weighted by Crippen LogP contribution is 2.27. The van der Waals surface area contributed by atoms with Crippen LogP contribution in [0.4, 0.5) is 18.0 Å². The van der Waals surface area contributed by atoms with Crippen molar-refractivity contribution in [2.75, 3.05) is 20.1 Å². The SMILES string of the molecule is CCNC(=O)N(C)CCCn1c(-c2ccc(OC(F)(F)F)cc2)csc1=NC(=O)c1ccco1. The molecule has 0 aliphatic heterocycles. The zero-order chi connectivity index (χ0) is 24.7. The van der Waals surface area contributed by atoms with Crippen molar-refractivity contribution < 1.29 is 31.9 Å². The number of hydrogen-bond donors (Lipinski definition) is 1. The summed E-state index contributed by atoms with van der Waals surface area (Å²) in [5, 5.41) is 4.48. The monoisotopic (exact) mass is 496 g/mol. The van der Waals surface area contributed by atoms with Gasteiger partial charge in [0.25, 0.3) is 0 Å². The lowest BCUT2D eigenvalue weighted by atomic mass is 10.1. The predicted octanol–water partition coefficient (Wildman–Crippen LogP) is 4.50. The summed E-state index contributed by atoms with van der Waals surface area (Å²) in [6, 6.07) is 8.33. The number of benzene rings is 1. The molecule has 0 aliphatic rings. The van der Waals surface area contributed by atoms with Crippen molar-refractivity contribution in [1.29, 1.82) is 0 Å². The minimum Gasteiger partial charge on any atom is -0.459 e. The summed E-state index contributed by atoms with van der Waals surface area (Å²) < 4.78 is 48.2. The lowest BCUT2D eigenvalue weighted by Crippen LogP contribution is -2.38. The number of nitrogens with one attached hydrogen (secondary N) is 1. The van der Waals surface area contributed by atoms with Crippen molar-refractivity contribution in [3.63, 3.8) is 0 Å². The third-order valence-corrected chi connectivity index (χ3v) is 5.52. The molecule has 3 rings (SSSR count). The molecule has 1 aromatic carbocycles. The van der Waals surface area contributed by atoms with Gasteiger partial charge >= 0.3 is 18.3 Å². The van der Waals surface area contributed by atoms with E-state index in [1.165, 1.54) is 47.9 Å². The maximum atomic E-state index is 12.5. The molecule has 3 amide bonds. The molecule has 0 saturated carbocycles. The van der Waals surface area contributed by atoms with Crippen molar-refractivity contribution in [3.8, 4) is 17.0 Å². The third-order valence-electron chi connectivity index (χ3n) is 4.66. The summed E-state index contributed by atoms with van der Waals surface area (Å²) in [7, 11) is 1.68. The molecule has 2 aromatic heterocycles. The molecule has 182 valence electrons. The first-order valence-electron chi connectivity index (χ1n) is 10.3. The van der Waals surface area contributed by atoms with Crippen molar-refractivity contribution in [2.45, 2.75) is 26.3 Å². The lowest BCUT2D eigenvalue weighted by molar-refractivity contribution is -0.274. The number of nitrogens with zero attached hydrogens (tertiary/aromatic N) is 3. The van der Waals surface area contributed by atoms with Gasteiger partial charge in [0.05, 0.1) is 12.0 Å². The average molecular weight is 497 g/mol. The second kappa shape index (κ2) is 11.1. The van der Waals surface area contributed by atoms with E-state index in [4.69, 9.17) is 4.42 Å². The Labute approximate surface area is 197 Å². The summed E-state index contributed by atoms with van der Waals surface area (Å²) in [6.45, 7) is 3.19. The molecule has 1 N–H and O–H groups in total. The van der Waals surface area contributed by atoms with Gasteiger partial charge in [-0.1, -0.05) is 0 Å². The molecule has 34 heavy (non-hydrogen) atoms. The first-order valence-corrected chi connectivity index (χ1v) is 11.2. The summed E-state index contributed by atoms with van der Waals surface area (Å²) >= 11 is 1.21. The fourth-order valence-electron chi connectivity index (χ4n) is 3.09. The van der Waals surface area contributed by atoms with Gasteiger partial charge in [-0.05, 0) is 55.3 Å². The van der Waals surface area contributed by atoms with Crippen molar-refractivity contribution >= 4 is 23.3 Å². The smallest absolute Gasteiger partial charge is 0.459 e. The van der Waals surface area contributed by atoms with E-state index in [0.717, 1.165) is 0 Å².